The number of amides is 1. The zero-order valence-electron chi connectivity index (χ0n) is 8.11. The van der Waals surface area contributed by atoms with Gasteiger partial charge in [-0.25, -0.2) is 0 Å². The quantitative estimate of drug-likeness (QED) is 0.726. The zero-order valence-corrected chi connectivity index (χ0v) is 9.70. The highest BCUT2D eigenvalue weighted by molar-refractivity contribution is 9.10. The summed E-state index contributed by atoms with van der Waals surface area (Å²) in [4.78, 5) is 10.5. The fraction of sp³-hybridized carbons (Fsp3) is 0.300. The fourth-order valence-electron chi connectivity index (χ4n) is 1.09. The normalized spacial score (nSPS) is 12.4. The first-order valence-electron chi connectivity index (χ1n) is 4.52. The molecule has 4 nitrogen and oxygen atoms in total. The summed E-state index contributed by atoms with van der Waals surface area (Å²) in [5.41, 5.74) is 5.97. The van der Waals surface area contributed by atoms with Crippen LogP contribution in [0.2, 0.25) is 0 Å². The van der Waals surface area contributed by atoms with E-state index in [0.29, 0.717) is 6.54 Å². The van der Waals surface area contributed by atoms with Gasteiger partial charge in [0.05, 0.1) is 0 Å². The average molecular weight is 273 g/mol. The minimum Gasteiger partial charge on any atom is -0.382 e. The van der Waals surface area contributed by atoms with E-state index in [9.17, 15) is 4.79 Å². The van der Waals surface area contributed by atoms with Crippen LogP contribution in [0.15, 0.2) is 28.7 Å². The van der Waals surface area contributed by atoms with Gasteiger partial charge in [0, 0.05) is 17.6 Å². The van der Waals surface area contributed by atoms with Crippen LogP contribution in [0.4, 0.5) is 0 Å². The average Bonchev–Trinajstić information content (AvgIpc) is 2.20. The number of benzene rings is 1. The van der Waals surface area contributed by atoms with Gasteiger partial charge in [0.15, 0.2) is 0 Å². The molecular formula is C10H13BrN2O2. The number of primary amides is 1. The molecule has 1 unspecified atom stereocenters. The minimum atomic E-state index is -1.13. The first kappa shape index (κ1) is 12.2. The number of carbonyl (C=O) groups is 1. The van der Waals surface area contributed by atoms with Gasteiger partial charge in [-0.2, -0.15) is 0 Å². The molecule has 1 amide bonds. The van der Waals surface area contributed by atoms with Crippen LogP contribution in [-0.4, -0.2) is 23.7 Å². The molecule has 1 aromatic carbocycles. The Labute approximate surface area is 96.6 Å². The SMILES string of the molecule is NC(=O)C(O)CNCc1ccccc1Br. The standard InChI is InChI=1S/C10H13BrN2O2/c11-8-4-2-1-3-7(8)5-13-6-9(14)10(12)15/h1-4,9,13-14H,5-6H2,(H2,12,15). The molecule has 4 N–H and O–H groups in total. The highest BCUT2D eigenvalue weighted by Gasteiger charge is 2.09. The van der Waals surface area contributed by atoms with Crippen molar-refractivity contribution in [2.75, 3.05) is 6.54 Å². The molecular weight excluding hydrogens is 260 g/mol. The number of nitrogens with one attached hydrogen (secondary N) is 1. The van der Waals surface area contributed by atoms with Gasteiger partial charge in [0.1, 0.15) is 6.10 Å². The second-order valence-electron chi connectivity index (χ2n) is 3.14. The maximum Gasteiger partial charge on any atom is 0.247 e. The summed E-state index contributed by atoms with van der Waals surface area (Å²) in [5.74, 6) is -0.713. The van der Waals surface area contributed by atoms with E-state index in [1.54, 1.807) is 0 Å². The lowest BCUT2D eigenvalue weighted by Gasteiger charge is -2.09. The molecule has 1 rings (SSSR count). The van der Waals surface area contributed by atoms with E-state index in [0.717, 1.165) is 10.0 Å². The van der Waals surface area contributed by atoms with Crippen molar-refractivity contribution in [1.29, 1.82) is 0 Å². The molecule has 0 aliphatic heterocycles. The van der Waals surface area contributed by atoms with E-state index in [-0.39, 0.29) is 6.54 Å². The molecule has 0 heterocycles. The monoisotopic (exact) mass is 272 g/mol. The maximum atomic E-state index is 10.5. The Hall–Kier alpha value is -0.910. The van der Waals surface area contributed by atoms with Crippen molar-refractivity contribution in [3.8, 4) is 0 Å². The molecule has 5 heteroatoms. The third-order valence-corrected chi connectivity index (χ3v) is 2.71. The summed E-state index contributed by atoms with van der Waals surface area (Å²) in [7, 11) is 0. The van der Waals surface area contributed by atoms with Crippen molar-refractivity contribution in [2.24, 2.45) is 5.73 Å². The Bertz CT molecular complexity index is 344. The van der Waals surface area contributed by atoms with Crippen molar-refractivity contribution in [1.82, 2.24) is 5.32 Å². The number of aliphatic hydroxyl groups excluding tert-OH is 1. The maximum absolute atomic E-state index is 10.5. The third-order valence-electron chi connectivity index (χ3n) is 1.94. The molecule has 0 aliphatic carbocycles. The Kier molecular flexibility index (Phi) is 4.74. The number of aliphatic hydroxyl groups is 1. The van der Waals surface area contributed by atoms with Gasteiger partial charge in [0.25, 0.3) is 0 Å². The summed E-state index contributed by atoms with van der Waals surface area (Å²) < 4.78 is 0.992. The van der Waals surface area contributed by atoms with Gasteiger partial charge in [-0.15, -0.1) is 0 Å². The van der Waals surface area contributed by atoms with E-state index in [1.165, 1.54) is 0 Å². The molecule has 15 heavy (non-hydrogen) atoms. The van der Waals surface area contributed by atoms with Crippen molar-refractivity contribution in [3.05, 3.63) is 34.3 Å². The molecule has 1 aromatic rings. The number of nitrogens with two attached hydrogens (primary N) is 1. The Balaban J connectivity index is 2.38. The predicted molar refractivity (Wildman–Crippen MR) is 61.0 cm³/mol. The topological polar surface area (TPSA) is 75.4 Å². The molecule has 0 aliphatic rings. The molecule has 0 fully saturated rings. The largest absolute Gasteiger partial charge is 0.382 e. The first-order chi connectivity index (χ1) is 7.11. The number of rotatable bonds is 5. The number of hydrogen-bond donors (Lipinski definition) is 3. The van der Waals surface area contributed by atoms with Gasteiger partial charge < -0.3 is 16.2 Å². The van der Waals surface area contributed by atoms with Crippen LogP contribution in [0.5, 0.6) is 0 Å². The molecule has 0 radical (unpaired) electrons. The van der Waals surface area contributed by atoms with Gasteiger partial charge >= 0.3 is 0 Å². The molecule has 1 atom stereocenters. The lowest BCUT2D eigenvalue weighted by atomic mass is 10.2. The summed E-state index contributed by atoms with van der Waals surface area (Å²) in [6.07, 6.45) is -1.13. The molecule has 0 saturated heterocycles. The van der Waals surface area contributed by atoms with E-state index in [4.69, 9.17) is 10.8 Å². The highest BCUT2D eigenvalue weighted by Crippen LogP contribution is 2.15. The first-order valence-corrected chi connectivity index (χ1v) is 5.32. The van der Waals surface area contributed by atoms with Crippen molar-refractivity contribution in [2.45, 2.75) is 12.6 Å². The molecule has 0 aromatic heterocycles. The van der Waals surface area contributed by atoms with Crippen LogP contribution in [0, 0.1) is 0 Å². The van der Waals surface area contributed by atoms with Crippen molar-refractivity contribution >= 4 is 21.8 Å². The van der Waals surface area contributed by atoms with Crippen molar-refractivity contribution < 1.29 is 9.90 Å². The Morgan fingerprint density at radius 1 is 1.53 bits per heavy atom. The molecule has 0 spiro atoms. The van der Waals surface area contributed by atoms with Crippen LogP contribution < -0.4 is 11.1 Å². The highest BCUT2D eigenvalue weighted by atomic mass is 79.9. The van der Waals surface area contributed by atoms with Gasteiger partial charge in [-0.3, -0.25) is 4.79 Å². The summed E-state index contributed by atoms with van der Waals surface area (Å²) >= 11 is 3.40. The number of hydrogen-bond acceptors (Lipinski definition) is 3. The smallest absolute Gasteiger partial charge is 0.247 e. The third kappa shape index (κ3) is 3.99. The van der Waals surface area contributed by atoms with Crippen LogP contribution in [0.3, 0.4) is 0 Å². The molecule has 82 valence electrons. The summed E-state index contributed by atoms with van der Waals surface area (Å²) in [6, 6.07) is 7.73. The van der Waals surface area contributed by atoms with E-state index in [1.807, 2.05) is 24.3 Å². The lowest BCUT2D eigenvalue weighted by Crippen LogP contribution is -2.37. The van der Waals surface area contributed by atoms with E-state index in [2.05, 4.69) is 21.2 Å². The Morgan fingerprint density at radius 3 is 2.80 bits per heavy atom. The second-order valence-corrected chi connectivity index (χ2v) is 3.99. The molecule has 0 saturated carbocycles. The minimum absolute atomic E-state index is 0.163. The number of halogens is 1. The zero-order chi connectivity index (χ0) is 11.3. The van der Waals surface area contributed by atoms with Gasteiger partial charge in [-0.05, 0) is 11.6 Å². The number of carbonyl (C=O) groups excluding carboxylic acids is 1. The Morgan fingerprint density at radius 2 is 2.20 bits per heavy atom. The molecule has 0 bridgehead atoms. The van der Waals surface area contributed by atoms with Gasteiger partial charge in [-0.1, -0.05) is 34.1 Å². The van der Waals surface area contributed by atoms with Crippen molar-refractivity contribution in [3.63, 3.8) is 0 Å². The fourth-order valence-corrected chi connectivity index (χ4v) is 1.51. The van der Waals surface area contributed by atoms with Crippen LogP contribution in [0.1, 0.15) is 5.56 Å². The summed E-state index contributed by atoms with van der Waals surface area (Å²) in [5, 5.41) is 12.1. The van der Waals surface area contributed by atoms with E-state index < -0.39 is 12.0 Å². The van der Waals surface area contributed by atoms with Crippen LogP contribution in [-0.2, 0) is 11.3 Å². The van der Waals surface area contributed by atoms with Crippen LogP contribution in [0.25, 0.3) is 0 Å². The van der Waals surface area contributed by atoms with Crippen LogP contribution >= 0.6 is 15.9 Å². The van der Waals surface area contributed by atoms with Gasteiger partial charge in [0.2, 0.25) is 5.91 Å². The van der Waals surface area contributed by atoms with E-state index >= 15 is 0 Å². The second kappa shape index (κ2) is 5.85. The lowest BCUT2D eigenvalue weighted by molar-refractivity contribution is -0.125. The predicted octanol–water partition coefficient (Wildman–Crippen LogP) is 0.385. The summed E-state index contributed by atoms with van der Waals surface area (Å²) in [6.45, 7) is 0.739.